The van der Waals surface area contributed by atoms with Gasteiger partial charge in [0.1, 0.15) is 6.10 Å². The van der Waals surface area contributed by atoms with Crippen LogP contribution in [-0.4, -0.2) is 19.2 Å². The van der Waals surface area contributed by atoms with E-state index in [0.29, 0.717) is 12.0 Å². The van der Waals surface area contributed by atoms with Gasteiger partial charge in [-0.05, 0) is 48.4 Å². The smallest absolute Gasteiger partial charge is 0.108 e. The summed E-state index contributed by atoms with van der Waals surface area (Å²) in [5.41, 5.74) is 3.90. The van der Waals surface area contributed by atoms with Crippen LogP contribution in [0.5, 0.6) is 0 Å². The van der Waals surface area contributed by atoms with Crippen LogP contribution in [-0.2, 0) is 4.74 Å². The summed E-state index contributed by atoms with van der Waals surface area (Å²) in [7, 11) is 0. The Labute approximate surface area is 168 Å². The number of benzene rings is 3. The van der Waals surface area contributed by atoms with E-state index in [-0.39, 0.29) is 6.10 Å². The minimum atomic E-state index is -0.00379. The van der Waals surface area contributed by atoms with Gasteiger partial charge in [0.05, 0.1) is 0 Å². The van der Waals surface area contributed by atoms with Gasteiger partial charge >= 0.3 is 0 Å². The Hall–Kier alpha value is -2.42. The monoisotopic (exact) mass is 371 g/mol. The van der Waals surface area contributed by atoms with E-state index in [0.717, 1.165) is 19.6 Å². The summed E-state index contributed by atoms with van der Waals surface area (Å²) in [6.45, 7) is 1.85. The summed E-state index contributed by atoms with van der Waals surface area (Å²) >= 11 is 0. The van der Waals surface area contributed by atoms with E-state index < -0.39 is 0 Å². The molecule has 1 fully saturated rings. The molecule has 1 heterocycles. The maximum Gasteiger partial charge on any atom is 0.108 e. The molecule has 2 nitrogen and oxygen atoms in total. The Balaban J connectivity index is 1.37. The van der Waals surface area contributed by atoms with E-state index in [1.54, 1.807) is 0 Å². The average molecular weight is 372 g/mol. The Bertz CT molecular complexity index is 779. The molecule has 1 aliphatic heterocycles. The second-order valence-electron chi connectivity index (χ2n) is 7.64. The van der Waals surface area contributed by atoms with Crippen molar-refractivity contribution in [3.8, 4) is 0 Å². The van der Waals surface area contributed by atoms with Crippen molar-refractivity contribution in [3.05, 3.63) is 108 Å². The fourth-order valence-electron chi connectivity index (χ4n) is 4.22. The molecule has 0 saturated carbocycles. The molecule has 2 unspecified atom stereocenters. The number of piperidine rings is 1. The predicted molar refractivity (Wildman–Crippen MR) is 116 cm³/mol. The van der Waals surface area contributed by atoms with Gasteiger partial charge in [0.2, 0.25) is 0 Å². The summed E-state index contributed by atoms with van der Waals surface area (Å²) in [5, 5.41) is 3.69. The molecule has 2 atom stereocenters. The van der Waals surface area contributed by atoms with Gasteiger partial charge in [0.15, 0.2) is 0 Å². The average Bonchev–Trinajstić information content (AvgIpc) is 2.79. The summed E-state index contributed by atoms with van der Waals surface area (Å²) in [6.07, 6.45) is 3.45. The molecule has 144 valence electrons. The van der Waals surface area contributed by atoms with Crippen molar-refractivity contribution in [2.24, 2.45) is 0 Å². The zero-order chi connectivity index (χ0) is 19.0. The van der Waals surface area contributed by atoms with Gasteiger partial charge in [-0.15, -0.1) is 0 Å². The molecule has 0 aromatic heterocycles. The van der Waals surface area contributed by atoms with Gasteiger partial charge in [-0.25, -0.2) is 0 Å². The number of hydrogen-bond acceptors (Lipinski definition) is 2. The Morgan fingerprint density at radius 1 is 0.786 bits per heavy atom. The molecule has 2 heteroatoms. The Morgan fingerprint density at radius 2 is 1.36 bits per heavy atom. The first-order chi connectivity index (χ1) is 13.9. The van der Waals surface area contributed by atoms with Crippen LogP contribution in [0.1, 0.15) is 48.0 Å². The highest BCUT2D eigenvalue weighted by Gasteiger charge is 2.23. The molecule has 0 radical (unpaired) electrons. The third-order valence-corrected chi connectivity index (χ3v) is 5.72. The maximum absolute atomic E-state index is 6.42. The van der Waals surface area contributed by atoms with E-state index in [2.05, 4.69) is 96.3 Å². The van der Waals surface area contributed by atoms with Crippen LogP contribution >= 0.6 is 0 Å². The molecule has 0 spiro atoms. The molecular weight excluding hydrogens is 342 g/mol. The minimum absolute atomic E-state index is 0.00379. The molecule has 28 heavy (non-hydrogen) atoms. The van der Waals surface area contributed by atoms with E-state index in [4.69, 9.17) is 4.74 Å². The first-order valence-corrected chi connectivity index (χ1v) is 10.4. The minimum Gasteiger partial charge on any atom is -0.369 e. The highest BCUT2D eigenvalue weighted by molar-refractivity contribution is 5.30. The first kappa shape index (κ1) is 18.9. The Morgan fingerprint density at radius 3 is 1.96 bits per heavy atom. The predicted octanol–water partition coefficient (Wildman–Crippen LogP) is 5.72. The van der Waals surface area contributed by atoms with Crippen molar-refractivity contribution in [3.63, 3.8) is 0 Å². The molecule has 0 amide bonds. The van der Waals surface area contributed by atoms with Gasteiger partial charge in [-0.2, -0.15) is 0 Å². The fraction of sp³-hybridized carbons (Fsp3) is 0.308. The van der Waals surface area contributed by atoms with E-state index in [1.165, 1.54) is 29.5 Å². The molecule has 3 aromatic carbocycles. The lowest BCUT2D eigenvalue weighted by molar-refractivity contribution is 0.0700. The van der Waals surface area contributed by atoms with Crippen LogP contribution in [0.15, 0.2) is 91.0 Å². The summed E-state index contributed by atoms with van der Waals surface area (Å²) < 4.78 is 6.42. The van der Waals surface area contributed by atoms with Gasteiger partial charge in [-0.3, -0.25) is 0 Å². The highest BCUT2D eigenvalue weighted by Crippen LogP contribution is 2.30. The standard InChI is InChI=1S/C26H29NO/c1-4-10-21(11-5-1)24-16-18-27-25(20-24)17-19-28-26(22-12-6-2-7-13-22)23-14-8-3-9-15-23/h1-15,24-27H,16-20H2. The van der Waals surface area contributed by atoms with Crippen molar-refractivity contribution in [2.45, 2.75) is 37.3 Å². The van der Waals surface area contributed by atoms with Crippen molar-refractivity contribution in [1.29, 1.82) is 0 Å². The topological polar surface area (TPSA) is 21.3 Å². The quantitative estimate of drug-likeness (QED) is 0.574. The molecular formula is C26H29NO. The second kappa shape index (κ2) is 9.68. The van der Waals surface area contributed by atoms with Crippen LogP contribution in [0, 0.1) is 0 Å². The lowest BCUT2D eigenvalue weighted by Gasteiger charge is -2.31. The summed E-state index contributed by atoms with van der Waals surface area (Å²) in [6, 6.07) is 32.5. The zero-order valence-electron chi connectivity index (χ0n) is 16.3. The SMILES string of the molecule is c1ccc(C2CCNC(CCOC(c3ccccc3)c3ccccc3)C2)cc1. The summed E-state index contributed by atoms with van der Waals surface area (Å²) in [5.74, 6) is 0.659. The molecule has 4 rings (SSSR count). The fourth-order valence-corrected chi connectivity index (χ4v) is 4.22. The van der Waals surface area contributed by atoms with Gasteiger partial charge in [0, 0.05) is 12.6 Å². The second-order valence-corrected chi connectivity index (χ2v) is 7.64. The van der Waals surface area contributed by atoms with Crippen LogP contribution in [0.25, 0.3) is 0 Å². The Kier molecular flexibility index (Phi) is 6.54. The van der Waals surface area contributed by atoms with Crippen LogP contribution in [0.4, 0.5) is 0 Å². The van der Waals surface area contributed by atoms with Crippen molar-refractivity contribution in [1.82, 2.24) is 5.32 Å². The largest absolute Gasteiger partial charge is 0.369 e. The van der Waals surface area contributed by atoms with Gasteiger partial charge < -0.3 is 10.1 Å². The van der Waals surface area contributed by atoms with Crippen molar-refractivity contribution < 1.29 is 4.74 Å². The zero-order valence-corrected chi connectivity index (χ0v) is 16.3. The summed E-state index contributed by atoms with van der Waals surface area (Å²) in [4.78, 5) is 0. The maximum atomic E-state index is 6.42. The molecule has 3 aromatic rings. The molecule has 0 bridgehead atoms. The first-order valence-electron chi connectivity index (χ1n) is 10.4. The lowest BCUT2D eigenvalue weighted by Crippen LogP contribution is -2.38. The molecule has 1 aliphatic rings. The van der Waals surface area contributed by atoms with Crippen molar-refractivity contribution in [2.75, 3.05) is 13.2 Å². The van der Waals surface area contributed by atoms with E-state index in [1.807, 2.05) is 0 Å². The number of hydrogen-bond donors (Lipinski definition) is 1. The van der Waals surface area contributed by atoms with Gasteiger partial charge in [-0.1, -0.05) is 91.0 Å². The highest BCUT2D eigenvalue weighted by atomic mass is 16.5. The molecule has 1 N–H and O–H groups in total. The van der Waals surface area contributed by atoms with E-state index in [9.17, 15) is 0 Å². The third kappa shape index (κ3) is 4.89. The van der Waals surface area contributed by atoms with Crippen LogP contribution in [0.2, 0.25) is 0 Å². The normalized spacial score (nSPS) is 19.6. The van der Waals surface area contributed by atoms with E-state index >= 15 is 0 Å². The third-order valence-electron chi connectivity index (χ3n) is 5.72. The van der Waals surface area contributed by atoms with Crippen LogP contribution in [0.3, 0.4) is 0 Å². The molecule has 0 aliphatic carbocycles. The van der Waals surface area contributed by atoms with Crippen molar-refractivity contribution >= 4 is 0 Å². The van der Waals surface area contributed by atoms with Gasteiger partial charge in [0.25, 0.3) is 0 Å². The molecule has 1 saturated heterocycles. The number of rotatable bonds is 7. The van der Waals surface area contributed by atoms with Crippen LogP contribution < -0.4 is 5.32 Å². The lowest BCUT2D eigenvalue weighted by atomic mass is 9.85. The number of nitrogens with one attached hydrogen (secondary N) is 1. The number of ether oxygens (including phenoxy) is 1.